The first-order valence-corrected chi connectivity index (χ1v) is 6.68. The highest BCUT2D eigenvalue weighted by Crippen LogP contribution is 2.29. The van der Waals surface area contributed by atoms with Crippen LogP contribution in [-0.2, 0) is 0 Å². The summed E-state index contributed by atoms with van der Waals surface area (Å²) < 4.78 is 5.81. The average Bonchev–Trinajstić information content (AvgIpc) is 2.78. The van der Waals surface area contributed by atoms with Gasteiger partial charge < -0.3 is 10.5 Å². The van der Waals surface area contributed by atoms with Crippen molar-refractivity contribution >= 4 is 28.8 Å². The van der Waals surface area contributed by atoms with Crippen molar-refractivity contribution in [2.45, 2.75) is 25.7 Å². The summed E-state index contributed by atoms with van der Waals surface area (Å²) in [5, 5.41) is 0.557. The molecule has 0 amide bonds. The SMILES string of the molecule is NC(=S)c1c(Cl)cccc1OCC1CCCC1. The molecule has 92 valence electrons. The van der Waals surface area contributed by atoms with Crippen molar-refractivity contribution < 1.29 is 4.74 Å². The van der Waals surface area contributed by atoms with E-state index >= 15 is 0 Å². The zero-order chi connectivity index (χ0) is 12.3. The Kier molecular flexibility index (Phi) is 4.24. The molecule has 0 bridgehead atoms. The topological polar surface area (TPSA) is 35.2 Å². The summed E-state index contributed by atoms with van der Waals surface area (Å²) in [6.45, 7) is 0.732. The molecule has 0 aromatic heterocycles. The summed E-state index contributed by atoms with van der Waals surface area (Å²) in [6, 6.07) is 5.50. The van der Waals surface area contributed by atoms with Crippen molar-refractivity contribution in [3.05, 3.63) is 28.8 Å². The average molecular weight is 270 g/mol. The molecule has 0 aliphatic heterocycles. The largest absolute Gasteiger partial charge is 0.493 e. The molecule has 2 N–H and O–H groups in total. The van der Waals surface area contributed by atoms with Crippen LogP contribution in [0.4, 0.5) is 0 Å². The van der Waals surface area contributed by atoms with Crippen LogP contribution in [0.5, 0.6) is 5.75 Å². The Hall–Kier alpha value is -0.800. The van der Waals surface area contributed by atoms with Gasteiger partial charge in [0.2, 0.25) is 0 Å². The quantitative estimate of drug-likeness (QED) is 0.849. The molecule has 0 atom stereocenters. The molecule has 1 fully saturated rings. The number of nitrogens with two attached hydrogens (primary N) is 1. The van der Waals surface area contributed by atoms with Crippen molar-refractivity contribution in [2.24, 2.45) is 11.7 Å². The standard InChI is InChI=1S/C13H16ClNOS/c14-10-6-3-7-11(12(10)13(15)17)16-8-9-4-1-2-5-9/h3,6-7,9H,1-2,4-5,8H2,(H2,15,17). The molecule has 0 spiro atoms. The van der Waals surface area contributed by atoms with E-state index in [1.54, 1.807) is 6.07 Å². The second-order valence-corrected chi connectivity index (χ2v) is 5.29. The van der Waals surface area contributed by atoms with Crippen LogP contribution < -0.4 is 10.5 Å². The summed E-state index contributed by atoms with van der Waals surface area (Å²) in [5.41, 5.74) is 6.32. The highest BCUT2D eigenvalue weighted by Gasteiger charge is 2.17. The van der Waals surface area contributed by atoms with Gasteiger partial charge in [-0.2, -0.15) is 0 Å². The maximum absolute atomic E-state index is 6.07. The van der Waals surface area contributed by atoms with E-state index in [0.29, 0.717) is 22.3 Å². The van der Waals surface area contributed by atoms with Gasteiger partial charge in [-0.05, 0) is 30.9 Å². The van der Waals surface area contributed by atoms with Crippen molar-refractivity contribution in [3.63, 3.8) is 0 Å². The molecule has 1 saturated carbocycles. The van der Waals surface area contributed by atoms with Gasteiger partial charge in [-0.15, -0.1) is 0 Å². The van der Waals surface area contributed by atoms with E-state index in [1.165, 1.54) is 25.7 Å². The third kappa shape index (κ3) is 3.11. The molecule has 17 heavy (non-hydrogen) atoms. The number of thiocarbonyl (C=S) groups is 1. The van der Waals surface area contributed by atoms with Crippen LogP contribution in [0.2, 0.25) is 5.02 Å². The maximum Gasteiger partial charge on any atom is 0.130 e. The lowest BCUT2D eigenvalue weighted by Gasteiger charge is -2.14. The van der Waals surface area contributed by atoms with E-state index in [2.05, 4.69) is 0 Å². The zero-order valence-corrected chi connectivity index (χ0v) is 11.2. The van der Waals surface area contributed by atoms with Crippen molar-refractivity contribution in [3.8, 4) is 5.75 Å². The minimum Gasteiger partial charge on any atom is -0.493 e. The predicted octanol–water partition coefficient (Wildman–Crippen LogP) is 3.54. The molecular formula is C13H16ClNOS. The summed E-state index contributed by atoms with van der Waals surface area (Å²) in [7, 11) is 0. The number of rotatable bonds is 4. The Balaban J connectivity index is 2.09. The number of hydrogen-bond donors (Lipinski definition) is 1. The second kappa shape index (κ2) is 5.69. The highest BCUT2D eigenvalue weighted by molar-refractivity contribution is 7.80. The number of halogens is 1. The van der Waals surface area contributed by atoms with Crippen molar-refractivity contribution in [2.75, 3.05) is 6.61 Å². The molecule has 0 heterocycles. The molecule has 0 unspecified atom stereocenters. The normalized spacial score (nSPS) is 16.1. The Morgan fingerprint density at radius 2 is 2.12 bits per heavy atom. The molecule has 4 heteroatoms. The fourth-order valence-corrected chi connectivity index (χ4v) is 2.78. The second-order valence-electron chi connectivity index (χ2n) is 4.44. The van der Waals surface area contributed by atoms with E-state index in [1.807, 2.05) is 12.1 Å². The van der Waals surface area contributed by atoms with Crippen molar-refractivity contribution in [1.82, 2.24) is 0 Å². The Morgan fingerprint density at radius 1 is 1.41 bits per heavy atom. The number of benzene rings is 1. The smallest absolute Gasteiger partial charge is 0.130 e. The van der Waals surface area contributed by atoms with E-state index < -0.39 is 0 Å². The molecule has 0 radical (unpaired) electrons. The first-order valence-electron chi connectivity index (χ1n) is 5.89. The molecular weight excluding hydrogens is 254 g/mol. The van der Waals surface area contributed by atoms with Crippen LogP contribution in [0, 0.1) is 5.92 Å². The Labute approximate surface area is 112 Å². The van der Waals surface area contributed by atoms with Gasteiger partial charge in [-0.1, -0.05) is 42.7 Å². The highest BCUT2D eigenvalue weighted by atomic mass is 35.5. The lowest BCUT2D eigenvalue weighted by Crippen LogP contribution is -2.15. The zero-order valence-electron chi connectivity index (χ0n) is 9.62. The van der Waals surface area contributed by atoms with Gasteiger partial charge in [-0.3, -0.25) is 0 Å². The summed E-state index contributed by atoms with van der Waals surface area (Å²) in [4.78, 5) is 0.289. The van der Waals surface area contributed by atoms with E-state index in [-0.39, 0.29) is 4.99 Å². The number of ether oxygens (including phenoxy) is 1. The van der Waals surface area contributed by atoms with Gasteiger partial charge in [0.25, 0.3) is 0 Å². The van der Waals surface area contributed by atoms with Crippen molar-refractivity contribution in [1.29, 1.82) is 0 Å². The molecule has 1 aromatic carbocycles. The molecule has 1 aliphatic rings. The third-order valence-electron chi connectivity index (χ3n) is 3.17. The molecule has 2 nitrogen and oxygen atoms in total. The van der Waals surface area contributed by atoms with Crippen LogP contribution in [0.15, 0.2) is 18.2 Å². The summed E-state index contributed by atoms with van der Waals surface area (Å²) in [5.74, 6) is 1.37. The van der Waals surface area contributed by atoms with E-state index in [9.17, 15) is 0 Å². The first-order chi connectivity index (χ1) is 8.18. The minimum absolute atomic E-state index is 0.289. The Bertz CT molecular complexity index is 416. The van der Waals surface area contributed by atoms with E-state index in [4.69, 9.17) is 34.3 Å². The van der Waals surface area contributed by atoms with Gasteiger partial charge in [0.15, 0.2) is 0 Å². The monoisotopic (exact) mass is 269 g/mol. The fraction of sp³-hybridized carbons (Fsp3) is 0.462. The van der Waals surface area contributed by atoms with Gasteiger partial charge in [0, 0.05) is 0 Å². The van der Waals surface area contributed by atoms with Gasteiger partial charge >= 0.3 is 0 Å². The Morgan fingerprint density at radius 3 is 2.76 bits per heavy atom. The van der Waals surface area contributed by atoms with Crippen LogP contribution in [0.3, 0.4) is 0 Å². The molecule has 0 saturated heterocycles. The predicted molar refractivity (Wildman–Crippen MR) is 74.8 cm³/mol. The van der Waals surface area contributed by atoms with E-state index in [0.717, 1.165) is 6.61 Å². The molecule has 1 aliphatic carbocycles. The van der Waals surface area contributed by atoms with Crippen LogP contribution in [-0.4, -0.2) is 11.6 Å². The fourth-order valence-electron chi connectivity index (χ4n) is 2.25. The summed E-state index contributed by atoms with van der Waals surface area (Å²) >= 11 is 11.1. The maximum atomic E-state index is 6.07. The lowest BCUT2D eigenvalue weighted by molar-refractivity contribution is 0.252. The summed E-state index contributed by atoms with van der Waals surface area (Å²) in [6.07, 6.45) is 5.13. The number of hydrogen-bond acceptors (Lipinski definition) is 2. The van der Waals surface area contributed by atoms with Gasteiger partial charge in [-0.25, -0.2) is 0 Å². The third-order valence-corrected chi connectivity index (χ3v) is 3.69. The first kappa shape index (κ1) is 12.7. The van der Waals surface area contributed by atoms with Gasteiger partial charge in [0.05, 0.1) is 17.2 Å². The van der Waals surface area contributed by atoms with Crippen LogP contribution in [0.25, 0.3) is 0 Å². The van der Waals surface area contributed by atoms with Crippen LogP contribution in [0.1, 0.15) is 31.2 Å². The lowest BCUT2D eigenvalue weighted by atomic mass is 10.1. The minimum atomic E-state index is 0.289. The van der Waals surface area contributed by atoms with Gasteiger partial charge in [0.1, 0.15) is 10.7 Å². The molecule has 2 rings (SSSR count). The van der Waals surface area contributed by atoms with Crippen LogP contribution >= 0.6 is 23.8 Å². The molecule has 1 aromatic rings.